The molecule has 2 atom stereocenters. The highest BCUT2D eigenvalue weighted by molar-refractivity contribution is 6.05. The van der Waals surface area contributed by atoms with Gasteiger partial charge in [-0.25, -0.2) is 0 Å². The molecule has 1 spiro atoms. The number of hydrogen-bond acceptors (Lipinski definition) is 5. The van der Waals surface area contributed by atoms with Gasteiger partial charge in [-0.2, -0.15) is 0 Å². The molecule has 4 aliphatic rings. The summed E-state index contributed by atoms with van der Waals surface area (Å²) in [4.78, 5) is 41.1. The lowest BCUT2D eigenvalue weighted by molar-refractivity contribution is -0.136. The minimum Gasteiger partial charge on any atom is -0.348 e. The van der Waals surface area contributed by atoms with Crippen molar-refractivity contribution in [3.8, 4) is 0 Å². The zero-order valence-corrected chi connectivity index (χ0v) is 18.0. The molecule has 2 N–H and O–H groups in total. The second-order valence-electron chi connectivity index (χ2n) is 9.36. The summed E-state index contributed by atoms with van der Waals surface area (Å²) in [5, 5.41) is 5.92. The molecule has 0 bridgehead atoms. The van der Waals surface area contributed by atoms with Gasteiger partial charge in [0.05, 0.1) is 5.54 Å². The van der Waals surface area contributed by atoms with Crippen LogP contribution in [0.2, 0.25) is 0 Å². The Balaban J connectivity index is 1.25. The lowest BCUT2D eigenvalue weighted by Gasteiger charge is -2.45. The molecule has 0 saturated carbocycles. The van der Waals surface area contributed by atoms with E-state index in [1.54, 1.807) is 4.90 Å². The van der Waals surface area contributed by atoms with Crippen LogP contribution in [-0.2, 0) is 34.8 Å². The molecule has 8 heteroatoms. The van der Waals surface area contributed by atoms with Crippen LogP contribution in [0.3, 0.4) is 0 Å². The first kappa shape index (κ1) is 19.7. The van der Waals surface area contributed by atoms with E-state index in [-0.39, 0.29) is 29.7 Å². The molecule has 3 amide bonds. The van der Waals surface area contributed by atoms with Gasteiger partial charge in [0.1, 0.15) is 6.04 Å². The number of imide groups is 1. The number of rotatable bonds is 3. The largest absolute Gasteiger partial charge is 0.348 e. The van der Waals surface area contributed by atoms with Crippen molar-refractivity contribution in [2.24, 2.45) is 0 Å². The molecule has 1 aromatic heterocycles. The fraction of sp³-hybridized carbons (Fsp3) is 0.458. The SMILES string of the molecule is O=C1CCC(N2Cc3ccc(CN4CCn5cccc5C45CCNC5)cc3C2=O)C(=O)N1. The van der Waals surface area contributed by atoms with Gasteiger partial charge >= 0.3 is 0 Å². The van der Waals surface area contributed by atoms with Gasteiger partial charge in [-0.3, -0.25) is 24.6 Å². The van der Waals surface area contributed by atoms with E-state index in [1.165, 1.54) is 5.69 Å². The Morgan fingerprint density at radius 2 is 2.03 bits per heavy atom. The maximum absolute atomic E-state index is 13.2. The van der Waals surface area contributed by atoms with Crippen molar-refractivity contribution in [3.05, 3.63) is 58.9 Å². The van der Waals surface area contributed by atoms with E-state index >= 15 is 0 Å². The van der Waals surface area contributed by atoms with E-state index < -0.39 is 6.04 Å². The summed E-state index contributed by atoms with van der Waals surface area (Å²) in [5.41, 5.74) is 4.12. The van der Waals surface area contributed by atoms with Crippen LogP contribution in [0.15, 0.2) is 36.5 Å². The zero-order chi connectivity index (χ0) is 21.9. The first-order valence-corrected chi connectivity index (χ1v) is 11.4. The van der Waals surface area contributed by atoms with Crippen molar-refractivity contribution >= 4 is 17.7 Å². The quantitative estimate of drug-likeness (QED) is 0.704. The average molecular weight is 434 g/mol. The van der Waals surface area contributed by atoms with Crippen molar-refractivity contribution in [1.82, 2.24) is 25.0 Å². The first-order chi connectivity index (χ1) is 15.5. The number of nitrogens with one attached hydrogen (secondary N) is 2. The lowest BCUT2D eigenvalue weighted by Crippen LogP contribution is -2.53. The Morgan fingerprint density at radius 3 is 2.84 bits per heavy atom. The Bertz CT molecular complexity index is 1120. The molecular formula is C24H27N5O3. The second kappa shape index (κ2) is 7.28. The summed E-state index contributed by atoms with van der Waals surface area (Å²) < 4.78 is 2.37. The van der Waals surface area contributed by atoms with Gasteiger partial charge in [0.2, 0.25) is 11.8 Å². The number of aromatic nitrogens is 1. The maximum Gasteiger partial charge on any atom is 0.255 e. The topological polar surface area (TPSA) is 86.7 Å². The van der Waals surface area contributed by atoms with Gasteiger partial charge in [-0.15, -0.1) is 0 Å². The van der Waals surface area contributed by atoms with Crippen LogP contribution in [0.1, 0.15) is 46.4 Å². The summed E-state index contributed by atoms with van der Waals surface area (Å²) in [6.45, 7) is 5.08. The monoisotopic (exact) mass is 433 g/mol. The fourth-order valence-corrected chi connectivity index (χ4v) is 5.95. The van der Waals surface area contributed by atoms with E-state index in [0.717, 1.165) is 50.3 Å². The van der Waals surface area contributed by atoms with Crippen LogP contribution in [0.4, 0.5) is 0 Å². The molecule has 2 aromatic rings. The van der Waals surface area contributed by atoms with Gasteiger partial charge in [0, 0.05) is 56.6 Å². The minimum absolute atomic E-state index is 0.0104. The number of amides is 3. The van der Waals surface area contributed by atoms with E-state index in [9.17, 15) is 14.4 Å². The molecule has 166 valence electrons. The molecule has 2 unspecified atom stereocenters. The van der Waals surface area contributed by atoms with Crippen molar-refractivity contribution in [1.29, 1.82) is 0 Å². The highest BCUT2D eigenvalue weighted by Crippen LogP contribution is 2.39. The number of hydrogen-bond donors (Lipinski definition) is 2. The molecule has 8 nitrogen and oxygen atoms in total. The normalized spacial score (nSPS) is 27.7. The molecule has 5 heterocycles. The third-order valence-corrected chi connectivity index (χ3v) is 7.62. The highest BCUT2D eigenvalue weighted by atomic mass is 16.2. The van der Waals surface area contributed by atoms with E-state index in [1.807, 2.05) is 12.1 Å². The van der Waals surface area contributed by atoms with Gasteiger partial charge in [-0.05, 0) is 48.7 Å². The van der Waals surface area contributed by atoms with E-state index in [0.29, 0.717) is 18.5 Å². The molecule has 0 aliphatic carbocycles. The number of carbonyl (C=O) groups excluding carboxylic acids is 3. The Kier molecular flexibility index (Phi) is 4.48. The van der Waals surface area contributed by atoms with Gasteiger partial charge < -0.3 is 14.8 Å². The molecular weight excluding hydrogens is 406 g/mol. The highest BCUT2D eigenvalue weighted by Gasteiger charge is 2.45. The number of piperidine rings is 1. The summed E-state index contributed by atoms with van der Waals surface area (Å²) in [6.07, 6.45) is 3.91. The second-order valence-corrected chi connectivity index (χ2v) is 9.36. The van der Waals surface area contributed by atoms with Gasteiger partial charge in [0.15, 0.2) is 0 Å². The van der Waals surface area contributed by atoms with Crippen molar-refractivity contribution in [2.75, 3.05) is 19.6 Å². The van der Waals surface area contributed by atoms with Crippen LogP contribution in [0, 0.1) is 0 Å². The molecule has 32 heavy (non-hydrogen) atoms. The number of nitrogens with zero attached hydrogens (tertiary/aromatic N) is 3. The molecule has 6 rings (SSSR count). The Hall–Kier alpha value is -2.97. The third-order valence-electron chi connectivity index (χ3n) is 7.62. The number of fused-ring (bicyclic) bond motifs is 3. The molecule has 1 aromatic carbocycles. The van der Waals surface area contributed by atoms with Crippen LogP contribution in [-0.4, -0.2) is 57.8 Å². The molecule has 2 saturated heterocycles. The zero-order valence-electron chi connectivity index (χ0n) is 18.0. The van der Waals surface area contributed by atoms with Crippen molar-refractivity contribution in [2.45, 2.75) is 50.5 Å². The van der Waals surface area contributed by atoms with Gasteiger partial charge in [0.25, 0.3) is 5.91 Å². The molecule has 0 radical (unpaired) electrons. The van der Waals surface area contributed by atoms with Crippen LogP contribution in [0.25, 0.3) is 0 Å². The van der Waals surface area contributed by atoms with Crippen molar-refractivity contribution in [3.63, 3.8) is 0 Å². The summed E-state index contributed by atoms with van der Waals surface area (Å²) in [7, 11) is 0. The standard InChI is InChI=1S/C24H27N5O3/c30-21-6-5-19(22(31)26-21)29-14-17-4-3-16(12-18(17)23(29)32)13-28-11-10-27-9-1-2-20(27)24(28)7-8-25-15-24/h1-4,9,12,19,25H,5-8,10-11,13-15H2,(H,26,30,31). The summed E-state index contributed by atoms with van der Waals surface area (Å²) >= 11 is 0. The summed E-state index contributed by atoms with van der Waals surface area (Å²) in [5.74, 6) is -0.739. The predicted octanol–water partition coefficient (Wildman–Crippen LogP) is 0.954. The van der Waals surface area contributed by atoms with E-state index in [2.05, 4.69) is 44.5 Å². The number of benzene rings is 1. The fourth-order valence-electron chi connectivity index (χ4n) is 5.95. The average Bonchev–Trinajstić information content (AvgIpc) is 3.51. The first-order valence-electron chi connectivity index (χ1n) is 11.4. The number of carbonyl (C=O) groups is 3. The van der Waals surface area contributed by atoms with Crippen LogP contribution >= 0.6 is 0 Å². The molecule has 2 fully saturated rings. The molecule has 4 aliphatic heterocycles. The lowest BCUT2D eigenvalue weighted by atomic mass is 9.89. The van der Waals surface area contributed by atoms with Gasteiger partial charge in [-0.1, -0.05) is 12.1 Å². The summed E-state index contributed by atoms with van der Waals surface area (Å²) in [6, 6.07) is 9.95. The minimum atomic E-state index is -0.571. The Labute approximate surface area is 186 Å². The van der Waals surface area contributed by atoms with Crippen LogP contribution < -0.4 is 10.6 Å². The maximum atomic E-state index is 13.2. The predicted molar refractivity (Wildman–Crippen MR) is 116 cm³/mol. The Morgan fingerprint density at radius 1 is 1.12 bits per heavy atom. The smallest absolute Gasteiger partial charge is 0.255 e. The van der Waals surface area contributed by atoms with E-state index in [4.69, 9.17) is 0 Å². The third kappa shape index (κ3) is 2.93. The van der Waals surface area contributed by atoms with Crippen LogP contribution in [0.5, 0.6) is 0 Å². The van der Waals surface area contributed by atoms with Crippen molar-refractivity contribution < 1.29 is 14.4 Å².